The van der Waals surface area contributed by atoms with Gasteiger partial charge in [0, 0.05) is 12.7 Å². The van der Waals surface area contributed by atoms with Crippen LogP contribution in [0, 0.1) is 5.92 Å². The van der Waals surface area contributed by atoms with Gasteiger partial charge < -0.3 is 4.42 Å². The third-order valence-electron chi connectivity index (χ3n) is 2.28. The molecular formula is C12H13BrN2O2. The van der Waals surface area contributed by atoms with Crippen LogP contribution < -0.4 is 0 Å². The van der Waals surface area contributed by atoms with E-state index in [1.165, 1.54) is 0 Å². The third kappa shape index (κ3) is 2.66. The van der Waals surface area contributed by atoms with Crippen molar-refractivity contribution in [1.82, 2.24) is 9.78 Å². The van der Waals surface area contributed by atoms with E-state index < -0.39 is 0 Å². The van der Waals surface area contributed by atoms with Gasteiger partial charge in [0.2, 0.25) is 0 Å². The van der Waals surface area contributed by atoms with E-state index in [9.17, 15) is 4.79 Å². The van der Waals surface area contributed by atoms with Crippen LogP contribution >= 0.6 is 15.9 Å². The normalized spacial score (nSPS) is 11.1. The summed E-state index contributed by atoms with van der Waals surface area (Å²) in [6, 6.07) is 3.57. The number of aromatic nitrogens is 2. The molecule has 90 valence electrons. The van der Waals surface area contributed by atoms with Gasteiger partial charge in [0.05, 0.1) is 5.56 Å². The molecule has 0 unspecified atom stereocenters. The van der Waals surface area contributed by atoms with Crippen molar-refractivity contribution in [3.05, 3.63) is 28.6 Å². The third-order valence-corrected chi connectivity index (χ3v) is 2.70. The number of furan rings is 1. The highest BCUT2D eigenvalue weighted by Crippen LogP contribution is 2.26. The molecule has 0 radical (unpaired) electrons. The van der Waals surface area contributed by atoms with Crippen molar-refractivity contribution < 1.29 is 9.21 Å². The number of nitrogens with zero attached hydrogens (tertiary/aromatic N) is 2. The Bertz CT molecular complexity index is 528. The molecule has 0 atom stereocenters. The molecule has 4 nitrogen and oxygen atoms in total. The van der Waals surface area contributed by atoms with Crippen LogP contribution in [-0.2, 0) is 6.54 Å². The van der Waals surface area contributed by atoms with E-state index in [0.29, 0.717) is 27.6 Å². The largest absolute Gasteiger partial charge is 0.448 e. The summed E-state index contributed by atoms with van der Waals surface area (Å²) < 4.78 is 7.82. The van der Waals surface area contributed by atoms with E-state index in [2.05, 4.69) is 34.9 Å². The summed E-state index contributed by atoms with van der Waals surface area (Å²) in [7, 11) is 0. The van der Waals surface area contributed by atoms with E-state index in [1.807, 2.05) is 0 Å². The van der Waals surface area contributed by atoms with Crippen molar-refractivity contribution in [3.63, 3.8) is 0 Å². The molecule has 17 heavy (non-hydrogen) atoms. The average molecular weight is 297 g/mol. The molecule has 0 fully saturated rings. The number of hydrogen-bond acceptors (Lipinski definition) is 3. The Labute approximate surface area is 108 Å². The highest BCUT2D eigenvalue weighted by atomic mass is 79.9. The van der Waals surface area contributed by atoms with E-state index in [1.54, 1.807) is 23.0 Å². The first kappa shape index (κ1) is 12.1. The standard InChI is InChI=1S/C12H13BrN2O2/c1-8(2)5-15-6-9(7-16)12(14-15)10-3-4-11(13)17-10/h3-4,6-8H,5H2,1-2H3. The van der Waals surface area contributed by atoms with Crippen LogP contribution in [0.1, 0.15) is 24.2 Å². The maximum Gasteiger partial charge on any atom is 0.169 e. The number of rotatable bonds is 4. The van der Waals surface area contributed by atoms with Gasteiger partial charge in [-0.1, -0.05) is 13.8 Å². The minimum Gasteiger partial charge on any atom is -0.448 e. The van der Waals surface area contributed by atoms with Gasteiger partial charge >= 0.3 is 0 Å². The van der Waals surface area contributed by atoms with E-state index in [0.717, 1.165) is 12.8 Å². The maximum absolute atomic E-state index is 11.0. The molecule has 5 heteroatoms. The van der Waals surface area contributed by atoms with Crippen LogP contribution in [0.4, 0.5) is 0 Å². The van der Waals surface area contributed by atoms with Crippen LogP contribution in [-0.4, -0.2) is 16.1 Å². The Morgan fingerprint density at radius 3 is 2.82 bits per heavy atom. The second-order valence-electron chi connectivity index (χ2n) is 4.27. The Morgan fingerprint density at radius 1 is 1.53 bits per heavy atom. The van der Waals surface area contributed by atoms with E-state index in [4.69, 9.17) is 4.42 Å². The number of carbonyl (C=O) groups excluding carboxylic acids is 1. The Morgan fingerprint density at radius 2 is 2.29 bits per heavy atom. The van der Waals surface area contributed by atoms with E-state index >= 15 is 0 Å². The van der Waals surface area contributed by atoms with Gasteiger partial charge in [-0.3, -0.25) is 9.48 Å². The van der Waals surface area contributed by atoms with Crippen LogP contribution in [0.15, 0.2) is 27.4 Å². The van der Waals surface area contributed by atoms with Gasteiger partial charge in [0.1, 0.15) is 5.69 Å². The molecule has 2 aromatic rings. The lowest BCUT2D eigenvalue weighted by molar-refractivity contribution is 0.112. The molecule has 0 aliphatic rings. The van der Waals surface area contributed by atoms with E-state index in [-0.39, 0.29) is 0 Å². The average Bonchev–Trinajstić information content (AvgIpc) is 2.83. The predicted molar refractivity (Wildman–Crippen MR) is 67.9 cm³/mol. The van der Waals surface area contributed by atoms with Gasteiger partial charge in [-0.2, -0.15) is 5.10 Å². The monoisotopic (exact) mass is 296 g/mol. The molecule has 0 saturated carbocycles. The molecule has 0 saturated heterocycles. The first-order valence-corrected chi connectivity index (χ1v) is 6.17. The molecule has 0 aliphatic heterocycles. The van der Waals surface area contributed by atoms with Crippen molar-refractivity contribution in [1.29, 1.82) is 0 Å². The first-order chi connectivity index (χ1) is 8.10. The number of hydrogen-bond donors (Lipinski definition) is 0. The minimum atomic E-state index is 0.477. The van der Waals surface area contributed by atoms with Crippen LogP contribution in [0.3, 0.4) is 0 Å². The summed E-state index contributed by atoms with van der Waals surface area (Å²) in [6.45, 7) is 4.99. The van der Waals surface area contributed by atoms with Crippen LogP contribution in [0.5, 0.6) is 0 Å². The van der Waals surface area contributed by atoms with Gasteiger partial charge in [-0.05, 0) is 34.0 Å². The number of halogens is 1. The van der Waals surface area contributed by atoms with Crippen LogP contribution in [0.25, 0.3) is 11.5 Å². The fourth-order valence-corrected chi connectivity index (χ4v) is 1.93. The molecule has 2 aromatic heterocycles. The van der Waals surface area contributed by atoms with Crippen molar-refractivity contribution >= 4 is 22.2 Å². The van der Waals surface area contributed by atoms with Gasteiger partial charge in [-0.25, -0.2) is 0 Å². The van der Waals surface area contributed by atoms with Gasteiger partial charge in [0.25, 0.3) is 0 Å². The highest BCUT2D eigenvalue weighted by Gasteiger charge is 2.14. The smallest absolute Gasteiger partial charge is 0.169 e. The van der Waals surface area contributed by atoms with Crippen molar-refractivity contribution in [2.45, 2.75) is 20.4 Å². The lowest BCUT2D eigenvalue weighted by atomic mass is 10.2. The Balaban J connectivity index is 2.39. The summed E-state index contributed by atoms with van der Waals surface area (Å²) in [5.74, 6) is 1.08. The summed E-state index contributed by atoms with van der Waals surface area (Å²) in [6.07, 6.45) is 2.55. The van der Waals surface area contributed by atoms with Crippen LogP contribution in [0.2, 0.25) is 0 Å². The molecule has 0 aromatic carbocycles. The molecule has 0 bridgehead atoms. The molecule has 2 rings (SSSR count). The quantitative estimate of drug-likeness (QED) is 0.813. The highest BCUT2D eigenvalue weighted by molar-refractivity contribution is 9.10. The lowest BCUT2D eigenvalue weighted by Crippen LogP contribution is -2.04. The van der Waals surface area contributed by atoms with Gasteiger partial charge in [0.15, 0.2) is 16.7 Å². The molecule has 0 spiro atoms. The fraction of sp³-hybridized carbons (Fsp3) is 0.333. The van der Waals surface area contributed by atoms with Crippen molar-refractivity contribution in [2.24, 2.45) is 5.92 Å². The molecular weight excluding hydrogens is 284 g/mol. The maximum atomic E-state index is 11.0. The predicted octanol–water partition coefficient (Wildman–Crippen LogP) is 3.37. The zero-order valence-corrected chi connectivity index (χ0v) is 11.3. The SMILES string of the molecule is CC(C)Cn1cc(C=O)c(-c2ccc(Br)o2)n1. The minimum absolute atomic E-state index is 0.477. The Kier molecular flexibility index (Phi) is 3.47. The molecule has 0 amide bonds. The number of carbonyl (C=O) groups is 1. The summed E-state index contributed by atoms with van der Waals surface area (Å²) in [5, 5.41) is 4.38. The van der Waals surface area contributed by atoms with Gasteiger partial charge in [-0.15, -0.1) is 0 Å². The zero-order valence-electron chi connectivity index (χ0n) is 9.68. The van der Waals surface area contributed by atoms with Crippen molar-refractivity contribution in [3.8, 4) is 11.5 Å². The summed E-state index contributed by atoms with van der Waals surface area (Å²) in [5.41, 5.74) is 1.14. The fourth-order valence-electron chi connectivity index (χ4n) is 1.62. The summed E-state index contributed by atoms with van der Waals surface area (Å²) >= 11 is 3.23. The molecule has 0 aliphatic carbocycles. The molecule has 0 N–H and O–H groups in total. The zero-order chi connectivity index (χ0) is 12.4. The lowest BCUT2D eigenvalue weighted by Gasteiger charge is -2.03. The number of aldehydes is 1. The first-order valence-electron chi connectivity index (χ1n) is 5.38. The second-order valence-corrected chi connectivity index (χ2v) is 5.05. The topological polar surface area (TPSA) is 48.0 Å². The Hall–Kier alpha value is -1.36. The second kappa shape index (κ2) is 4.87. The summed E-state index contributed by atoms with van der Waals surface area (Å²) in [4.78, 5) is 11.0. The van der Waals surface area contributed by atoms with Crippen molar-refractivity contribution in [2.75, 3.05) is 0 Å². The molecule has 2 heterocycles.